The highest BCUT2D eigenvalue weighted by Gasteiger charge is 2.14. The molecule has 0 saturated carbocycles. The molecule has 0 amide bonds. The van der Waals surface area contributed by atoms with Crippen molar-refractivity contribution in [3.8, 4) is 0 Å². The molecule has 3 N–H and O–H groups in total. The molecule has 82 valence electrons. The monoisotopic (exact) mass is 223 g/mol. The maximum absolute atomic E-state index is 5.79. The van der Waals surface area contributed by atoms with Crippen molar-refractivity contribution in [1.82, 2.24) is 10.3 Å². The third kappa shape index (κ3) is 3.12. The fraction of sp³-hybridized carbons (Fsp3) is 0.545. The minimum absolute atomic E-state index is 0.262. The van der Waals surface area contributed by atoms with Crippen LogP contribution in [0.2, 0.25) is 0 Å². The van der Waals surface area contributed by atoms with Crippen LogP contribution >= 0.6 is 11.3 Å². The molecule has 0 aliphatic heterocycles. The van der Waals surface area contributed by atoms with Gasteiger partial charge in [0.2, 0.25) is 0 Å². The average molecular weight is 223 g/mol. The summed E-state index contributed by atoms with van der Waals surface area (Å²) in [5, 5.41) is 6.66. The number of rotatable bonds is 4. The molecule has 15 heavy (non-hydrogen) atoms. The average Bonchev–Trinajstić information content (AvgIpc) is 2.76. The van der Waals surface area contributed by atoms with Crippen LogP contribution in [0.3, 0.4) is 0 Å². The fourth-order valence-electron chi connectivity index (χ4n) is 1.83. The van der Waals surface area contributed by atoms with Crippen LogP contribution in [0.25, 0.3) is 0 Å². The van der Waals surface area contributed by atoms with E-state index in [-0.39, 0.29) is 6.04 Å². The molecule has 0 radical (unpaired) electrons. The summed E-state index contributed by atoms with van der Waals surface area (Å²) < 4.78 is 0. The van der Waals surface area contributed by atoms with Gasteiger partial charge in [-0.15, -0.1) is 11.3 Å². The van der Waals surface area contributed by atoms with Gasteiger partial charge in [-0.1, -0.05) is 12.2 Å². The van der Waals surface area contributed by atoms with Crippen LogP contribution in [0, 0.1) is 12.8 Å². The van der Waals surface area contributed by atoms with Crippen molar-refractivity contribution >= 4 is 11.3 Å². The molecule has 4 heteroatoms. The largest absolute Gasteiger partial charge is 0.324 e. The van der Waals surface area contributed by atoms with E-state index in [9.17, 15) is 0 Å². The van der Waals surface area contributed by atoms with Gasteiger partial charge in [-0.2, -0.15) is 0 Å². The van der Waals surface area contributed by atoms with Gasteiger partial charge in [0.25, 0.3) is 0 Å². The highest BCUT2D eigenvalue weighted by atomic mass is 32.1. The lowest BCUT2D eigenvalue weighted by molar-refractivity contribution is 0.525. The highest BCUT2D eigenvalue weighted by Crippen LogP contribution is 2.15. The lowest BCUT2D eigenvalue weighted by Gasteiger charge is -2.09. The number of aryl methyl sites for hydroxylation is 1. The summed E-state index contributed by atoms with van der Waals surface area (Å²) in [7, 11) is 0. The van der Waals surface area contributed by atoms with Gasteiger partial charge >= 0.3 is 0 Å². The van der Waals surface area contributed by atoms with Crippen molar-refractivity contribution in [3.05, 3.63) is 28.2 Å². The Morgan fingerprint density at radius 3 is 3.07 bits per heavy atom. The van der Waals surface area contributed by atoms with E-state index in [4.69, 9.17) is 5.73 Å². The zero-order valence-corrected chi connectivity index (χ0v) is 9.76. The number of nitrogens with zero attached hydrogens (tertiary/aromatic N) is 1. The first-order valence-electron chi connectivity index (χ1n) is 5.29. The van der Waals surface area contributed by atoms with Gasteiger partial charge in [0.1, 0.15) is 0 Å². The van der Waals surface area contributed by atoms with Gasteiger partial charge in [-0.05, 0) is 19.3 Å². The van der Waals surface area contributed by atoms with Crippen LogP contribution in [-0.4, -0.2) is 17.6 Å². The first-order chi connectivity index (χ1) is 7.24. The number of nitrogens with one attached hydrogen (secondary N) is 1. The Labute approximate surface area is 94.4 Å². The van der Waals surface area contributed by atoms with E-state index in [1.807, 2.05) is 6.92 Å². The Morgan fingerprint density at radius 2 is 2.47 bits per heavy atom. The molecule has 0 spiro atoms. The van der Waals surface area contributed by atoms with E-state index in [1.54, 1.807) is 11.3 Å². The molecule has 2 rings (SSSR count). The summed E-state index contributed by atoms with van der Waals surface area (Å²) >= 11 is 1.70. The second-order valence-corrected chi connectivity index (χ2v) is 5.10. The molecule has 1 aromatic heterocycles. The third-order valence-electron chi connectivity index (χ3n) is 2.58. The van der Waals surface area contributed by atoms with E-state index in [0.29, 0.717) is 5.92 Å². The number of hydrogen-bond donors (Lipinski definition) is 2. The maximum Gasteiger partial charge on any atom is 0.0897 e. The summed E-state index contributed by atoms with van der Waals surface area (Å²) in [6.45, 7) is 3.90. The molecule has 2 atom stereocenters. The Hall–Kier alpha value is -0.710. The van der Waals surface area contributed by atoms with Gasteiger partial charge in [0.15, 0.2) is 0 Å². The Balaban J connectivity index is 1.69. The molecule has 1 aliphatic carbocycles. The smallest absolute Gasteiger partial charge is 0.0897 e. The van der Waals surface area contributed by atoms with Gasteiger partial charge in [-0.25, -0.2) is 4.98 Å². The van der Waals surface area contributed by atoms with Crippen molar-refractivity contribution in [2.45, 2.75) is 25.9 Å². The van der Waals surface area contributed by atoms with Crippen LogP contribution < -0.4 is 11.1 Å². The lowest BCUT2D eigenvalue weighted by Crippen LogP contribution is -2.23. The first kappa shape index (κ1) is 10.8. The second kappa shape index (κ2) is 4.88. The summed E-state index contributed by atoms with van der Waals surface area (Å²) in [5.74, 6) is 0.597. The standard InChI is InChI=1S/C11H17N3S/c1-8-14-11(7-15-8)6-13-5-9-2-3-10(12)4-9/h2-3,7,9-10,13H,4-6,12H2,1H3. The number of nitrogens with two attached hydrogens (primary N) is 1. The molecule has 0 bridgehead atoms. The first-order valence-corrected chi connectivity index (χ1v) is 6.17. The fourth-order valence-corrected chi connectivity index (χ4v) is 2.45. The normalized spacial score (nSPS) is 24.9. The number of aromatic nitrogens is 1. The minimum atomic E-state index is 0.262. The summed E-state index contributed by atoms with van der Waals surface area (Å²) in [5.41, 5.74) is 6.93. The van der Waals surface area contributed by atoms with E-state index < -0.39 is 0 Å². The van der Waals surface area contributed by atoms with Crippen LogP contribution in [0.1, 0.15) is 17.1 Å². The zero-order valence-electron chi connectivity index (χ0n) is 8.94. The molecule has 1 aromatic rings. The zero-order chi connectivity index (χ0) is 10.7. The molecule has 0 aromatic carbocycles. The molecular formula is C11H17N3S. The van der Waals surface area contributed by atoms with E-state index in [2.05, 4.69) is 27.8 Å². The van der Waals surface area contributed by atoms with Crippen LogP contribution in [0.5, 0.6) is 0 Å². The topological polar surface area (TPSA) is 50.9 Å². The van der Waals surface area contributed by atoms with Crippen molar-refractivity contribution in [2.24, 2.45) is 11.7 Å². The van der Waals surface area contributed by atoms with Crippen molar-refractivity contribution in [3.63, 3.8) is 0 Å². The SMILES string of the molecule is Cc1nc(CNCC2C=CC(N)C2)cs1. The van der Waals surface area contributed by atoms with E-state index in [0.717, 1.165) is 30.2 Å². The van der Waals surface area contributed by atoms with Crippen LogP contribution in [0.15, 0.2) is 17.5 Å². The van der Waals surface area contributed by atoms with Crippen molar-refractivity contribution in [2.75, 3.05) is 6.54 Å². The predicted octanol–water partition coefficient (Wildman–Crippen LogP) is 1.44. The maximum atomic E-state index is 5.79. The number of hydrogen-bond acceptors (Lipinski definition) is 4. The molecule has 1 aliphatic rings. The number of thiazole rings is 1. The summed E-state index contributed by atoms with van der Waals surface area (Å²) in [6.07, 6.45) is 5.38. The molecule has 2 unspecified atom stereocenters. The molecule has 3 nitrogen and oxygen atoms in total. The predicted molar refractivity (Wildman–Crippen MR) is 63.8 cm³/mol. The third-order valence-corrected chi connectivity index (χ3v) is 3.41. The Bertz CT molecular complexity index is 345. The van der Waals surface area contributed by atoms with Crippen LogP contribution in [-0.2, 0) is 6.54 Å². The van der Waals surface area contributed by atoms with Crippen molar-refractivity contribution in [1.29, 1.82) is 0 Å². The minimum Gasteiger partial charge on any atom is -0.324 e. The van der Waals surface area contributed by atoms with Gasteiger partial charge in [-0.3, -0.25) is 0 Å². The summed E-state index contributed by atoms with van der Waals surface area (Å²) in [6, 6.07) is 0.262. The second-order valence-electron chi connectivity index (χ2n) is 4.03. The van der Waals surface area contributed by atoms with E-state index >= 15 is 0 Å². The van der Waals surface area contributed by atoms with Gasteiger partial charge in [0, 0.05) is 24.5 Å². The lowest BCUT2D eigenvalue weighted by atomic mass is 10.1. The van der Waals surface area contributed by atoms with Gasteiger partial charge in [0.05, 0.1) is 10.7 Å². The van der Waals surface area contributed by atoms with Crippen LogP contribution in [0.4, 0.5) is 0 Å². The Kier molecular flexibility index (Phi) is 3.51. The van der Waals surface area contributed by atoms with E-state index in [1.165, 1.54) is 0 Å². The van der Waals surface area contributed by atoms with Gasteiger partial charge < -0.3 is 11.1 Å². The molecule has 0 saturated heterocycles. The quantitative estimate of drug-likeness (QED) is 0.760. The highest BCUT2D eigenvalue weighted by molar-refractivity contribution is 7.09. The Morgan fingerprint density at radius 1 is 1.60 bits per heavy atom. The molecule has 0 fully saturated rings. The molecule has 1 heterocycles. The summed E-state index contributed by atoms with van der Waals surface area (Å²) in [4.78, 5) is 4.40. The van der Waals surface area contributed by atoms with Crippen molar-refractivity contribution < 1.29 is 0 Å². The molecular weight excluding hydrogens is 206 g/mol.